The summed E-state index contributed by atoms with van der Waals surface area (Å²) in [6.45, 7) is 11.0. The Hall–Kier alpha value is -0.990. The zero-order chi connectivity index (χ0) is 9.78. The minimum absolute atomic E-state index is 0.217. The molecule has 0 aromatic heterocycles. The van der Waals surface area contributed by atoms with Gasteiger partial charge in [0.2, 0.25) is 0 Å². The monoisotopic (exact) mass is 172 g/mol. The lowest BCUT2D eigenvalue weighted by Gasteiger charge is -2.18. The molecule has 0 rings (SSSR count). The Labute approximate surface area is 73.4 Å². The zero-order valence-electron chi connectivity index (χ0n) is 8.14. The van der Waals surface area contributed by atoms with Gasteiger partial charge < -0.3 is 9.47 Å². The molecular weight excluding hydrogens is 156 g/mol. The summed E-state index contributed by atoms with van der Waals surface area (Å²) < 4.78 is 9.60. The Balaban J connectivity index is 3.68. The predicted octanol–water partition coefficient (Wildman–Crippen LogP) is 2.51. The highest BCUT2D eigenvalue weighted by Gasteiger charge is 2.16. The van der Waals surface area contributed by atoms with Gasteiger partial charge in [0, 0.05) is 0 Å². The van der Waals surface area contributed by atoms with E-state index in [-0.39, 0.29) is 6.61 Å². The van der Waals surface area contributed by atoms with Gasteiger partial charge in [-0.3, -0.25) is 0 Å². The van der Waals surface area contributed by atoms with E-state index < -0.39 is 11.8 Å². The van der Waals surface area contributed by atoms with E-state index in [9.17, 15) is 4.79 Å². The van der Waals surface area contributed by atoms with Crippen molar-refractivity contribution in [3.05, 3.63) is 12.2 Å². The van der Waals surface area contributed by atoms with E-state index in [2.05, 4.69) is 6.58 Å². The second-order valence-corrected chi connectivity index (χ2v) is 3.71. The molecule has 0 aliphatic carbocycles. The van der Waals surface area contributed by atoms with Gasteiger partial charge in [0.25, 0.3) is 0 Å². The Bertz CT molecular complexity index is 177. The number of hydrogen-bond acceptors (Lipinski definition) is 3. The minimum atomic E-state index is -0.648. The maximum absolute atomic E-state index is 10.9. The molecule has 3 nitrogen and oxygen atoms in total. The molecule has 0 bridgehead atoms. The van der Waals surface area contributed by atoms with Gasteiger partial charge in [0.15, 0.2) is 0 Å². The largest absolute Gasteiger partial charge is 0.509 e. The minimum Gasteiger partial charge on any atom is -0.430 e. The molecule has 0 N–H and O–H groups in total. The van der Waals surface area contributed by atoms with Crippen LogP contribution in [0.5, 0.6) is 0 Å². The number of rotatable bonds is 2. The van der Waals surface area contributed by atoms with Crippen molar-refractivity contribution in [1.82, 2.24) is 0 Å². The molecule has 12 heavy (non-hydrogen) atoms. The van der Waals surface area contributed by atoms with Crippen LogP contribution in [0.1, 0.15) is 27.7 Å². The van der Waals surface area contributed by atoms with E-state index in [4.69, 9.17) is 9.47 Å². The molecule has 0 aliphatic rings. The third kappa shape index (κ3) is 7.12. The van der Waals surface area contributed by atoms with Crippen LogP contribution in [-0.4, -0.2) is 18.4 Å². The van der Waals surface area contributed by atoms with Crippen LogP contribution in [0.15, 0.2) is 12.2 Å². The van der Waals surface area contributed by atoms with E-state index in [1.54, 1.807) is 27.7 Å². The molecule has 0 saturated carbocycles. The van der Waals surface area contributed by atoms with Crippen LogP contribution in [-0.2, 0) is 9.47 Å². The molecule has 0 radical (unpaired) electrons. The first-order chi connectivity index (χ1) is 5.31. The summed E-state index contributed by atoms with van der Waals surface area (Å²) in [6.07, 6.45) is -0.648. The third-order valence-corrected chi connectivity index (χ3v) is 0.826. The Morgan fingerprint density at radius 2 is 1.92 bits per heavy atom. The lowest BCUT2D eigenvalue weighted by molar-refractivity contribution is -0.00337. The molecule has 0 amide bonds. The van der Waals surface area contributed by atoms with Crippen molar-refractivity contribution in [3.8, 4) is 0 Å². The molecule has 0 aromatic rings. The van der Waals surface area contributed by atoms with Gasteiger partial charge in [-0.2, -0.15) is 0 Å². The molecule has 0 aromatic carbocycles. The van der Waals surface area contributed by atoms with Gasteiger partial charge in [-0.25, -0.2) is 4.79 Å². The topological polar surface area (TPSA) is 35.5 Å². The van der Waals surface area contributed by atoms with Gasteiger partial charge in [0.05, 0.1) is 0 Å². The predicted molar refractivity (Wildman–Crippen MR) is 47.0 cm³/mol. The van der Waals surface area contributed by atoms with Crippen LogP contribution in [0.4, 0.5) is 4.79 Å². The molecule has 0 saturated heterocycles. The standard InChI is InChI=1S/C9H16O3/c1-7(2)6-11-8(10)12-9(3,4)5/h1,6H2,2-5H3. The molecule has 3 heteroatoms. The number of carbonyl (C=O) groups excluding carboxylic acids is 1. The van der Waals surface area contributed by atoms with Crippen LogP contribution >= 0.6 is 0 Å². The average Bonchev–Trinajstić information content (AvgIpc) is 1.79. The van der Waals surface area contributed by atoms with Crippen LogP contribution in [0.3, 0.4) is 0 Å². The van der Waals surface area contributed by atoms with Crippen molar-refractivity contribution in [1.29, 1.82) is 0 Å². The van der Waals surface area contributed by atoms with E-state index >= 15 is 0 Å². The first-order valence-corrected chi connectivity index (χ1v) is 3.81. The Morgan fingerprint density at radius 3 is 2.25 bits per heavy atom. The SMILES string of the molecule is C=C(C)COC(=O)OC(C)(C)C. The Kier molecular flexibility index (Phi) is 3.80. The fourth-order valence-corrected chi connectivity index (χ4v) is 0.462. The molecule has 0 spiro atoms. The highest BCUT2D eigenvalue weighted by molar-refractivity contribution is 5.60. The third-order valence-electron chi connectivity index (χ3n) is 0.826. The van der Waals surface area contributed by atoms with Gasteiger partial charge >= 0.3 is 6.16 Å². The summed E-state index contributed by atoms with van der Waals surface area (Å²) in [5, 5.41) is 0. The van der Waals surface area contributed by atoms with Crippen molar-refractivity contribution in [2.45, 2.75) is 33.3 Å². The Morgan fingerprint density at radius 1 is 1.42 bits per heavy atom. The van der Waals surface area contributed by atoms with Gasteiger partial charge in [-0.15, -0.1) is 0 Å². The maximum Gasteiger partial charge on any atom is 0.509 e. The van der Waals surface area contributed by atoms with Crippen LogP contribution in [0.2, 0.25) is 0 Å². The quantitative estimate of drug-likeness (QED) is 0.474. The summed E-state index contributed by atoms with van der Waals surface area (Å²) in [7, 11) is 0. The second kappa shape index (κ2) is 4.14. The average molecular weight is 172 g/mol. The van der Waals surface area contributed by atoms with Gasteiger partial charge in [0.1, 0.15) is 12.2 Å². The van der Waals surface area contributed by atoms with E-state index in [1.165, 1.54) is 0 Å². The van der Waals surface area contributed by atoms with E-state index in [1.807, 2.05) is 0 Å². The first kappa shape index (κ1) is 11.0. The smallest absolute Gasteiger partial charge is 0.430 e. The van der Waals surface area contributed by atoms with Crippen molar-refractivity contribution in [2.75, 3.05) is 6.61 Å². The van der Waals surface area contributed by atoms with Crippen LogP contribution < -0.4 is 0 Å². The second-order valence-electron chi connectivity index (χ2n) is 3.71. The molecule has 0 aliphatic heterocycles. The highest BCUT2D eigenvalue weighted by Crippen LogP contribution is 2.08. The lowest BCUT2D eigenvalue weighted by atomic mass is 10.2. The van der Waals surface area contributed by atoms with E-state index in [0.717, 1.165) is 5.57 Å². The van der Waals surface area contributed by atoms with Gasteiger partial charge in [-0.1, -0.05) is 6.58 Å². The van der Waals surface area contributed by atoms with Crippen LogP contribution in [0.25, 0.3) is 0 Å². The fraction of sp³-hybridized carbons (Fsp3) is 0.667. The van der Waals surface area contributed by atoms with Gasteiger partial charge in [-0.05, 0) is 33.3 Å². The number of ether oxygens (including phenoxy) is 2. The fourth-order valence-electron chi connectivity index (χ4n) is 0.462. The molecule has 0 unspecified atom stereocenters. The number of carbonyl (C=O) groups is 1. The molecule has 70 valence electrons. The molecule has 0 fully saturated rings. The lowest BCUT2D eigenvalue weighted by Crippen LogP contribution is -2.24. The van der Waals surface area contributed by atoms with Crippen molar-refractivity contribution >= 4 is 6.16 Å². The highest BCUT2D eigenvalue weighted by atomic mass is 16.7. The van der Waals surface area contributed by atoms with Crippen molar-refractivity contribution < 1.29 is 14.3 Å². The van der Waals surface area contributed by atoms with Crippen molar-refractivity contribution in [3.63, 3.8) is 0 Å². The molecule has 0 heterocycles. The first-order valence-electron chi connectivity index (χ1n) is 3.81. The van der Waals surface area contributed by atoms with Crippen LogP contribution in [0, 0.1) is 0 Å². The summed E-state index contributed by atoms with van der Waals surface area (Å²) in [4.78, 5) is 10.9. The summed E-state index contributed by atoms with van der Waals surface area (Å²) in [5.41, 5.74) is 0.299. The van der Waals surface area contributed by atoms with Crippen molar-refractivity contribution in [2.24, 2.45) is 0 Å². The number of hydrogen-bond donors (Lipinski definition) is 0. The zero-order valence-corrected chi connectivity index (χ0v) is 8.14. The summed E-state index contributed by atoms with van der Waals surface area (Å²) in [6, 6.07) is 0. The normalized spacial score (nSPS) is 10.7. The van der Waals surface area contributed by atoms with E-state index in [0.29, 0.717) is 0 Å². The molecule has 0 atom stereocenters. The maximum atomic E-state index is 10.9. The summed E-state index contributed by atoms with van der Waals surface area (Å²) >= 11 is 0. The summed E-state index contributed by atoms with van der Waals surface area (Å²) in [5.74, 6) is 0. The molecular formula is C9H16O3.